The van der Waals surface area contributed by atoms with E-state index in [1.807, 2.05) is 12.1 Å². The van der Waals surface area contributed by atoms with Crippen molar-refractivity contribution in [3.63, 3.8) is 0 Å². The first-order chi connectivity index (χ1) is 8.00. The molecular formula is C14H20N2O. The van der Waals surface area contributed by atoms with Gasteiger partial charge in [-0.1, -0.05) is 6.07 Å². The summed E-state index contributed by atoms with van der Waals surface area (Å²) in [6, 6.07) is 6.55. The maximum absolute atomic E-state index is 11.9. The van der Waals surface area contributed by atoms with Gasteiger partial charge in [-0.2, -0.15) is 0 Å². The zero-order valence-corrected chi connectivity index (χ0v) is 11.0. The van der Waals surface area contributed by atoms with Gasteiger partial charge in [-0.15, -0.1) is 0 Å². The van der Waals surface area contributed by atoms with Crippen LogP contribution < -0.4 is 4.90 Å². The molecule has 0 atom stereocenters. The fourth-order valence-electron chi connectivity index (χ4n) is 2.33. The van der Waals surface area contributed by atoms with Crippen LogP contribution in [-0.4, -0.2) is 37.5 Å². The highest BCUT2D eigenvalue weighted by Gasteiger charge is 2.22. The lowest BCUT2D eigenvalue weighted by Gasteiger charge is -2.24. The Balaban J connectivity index is 2.36. The van der Waals surface area contributed by atoms with Crippen LogP contribution in [0.15, 0.2) is 18.2 Å². The quantitative estimate of drug-likeness (QED) is 0.780. The molecule has 1 heterocycles. The Kier molecular flexibility index (Phi) is 3.09. The molecule has 0 saturated heterocycles. The summed E-state index contributed by atoms with van der Waals surface area (Å²) in [5.74, 6) is 0.0726. The molecule has 17 heavy (non-hydrogen) atoms. The largest absolute Gasteiger partial charge is 0.369 e. The second kappa shape index (κ2) is 4.40. The average molecular weight is 232 g/mol. The van der Waals surface area contributed by atoms with E-state index in [4.69, 9.17) is 0 Å². The molecule has 0 radical (unpaired) electrons. The van der Waals surface area contributed by atoms with Gasteiger partial charge >= 0.3 is 0 Å². The van der Waals surface area contributed by atoms with E-state index in [-0.39, 0.29) is 5.91 Å². The Labute approximate surface area is 103 Å². The topological polar surface area (TPSA) is 23.6 Å². The predicted octanol–water partition coefficient (Wildman–Crippen LogP) is 2.16. The number of carbonyl (C=O) groups is 1. The minimum atomic E-state index is 0.0726. The first kappa shape index (κ1) is 12.0. The molecule has 0 spiro atoms. The number of benzene rings is 1. The van der Waals surface area contributed by atoms with Crippen molar-refractivity contribution in [2.45, 2.75) is 26.3 Å². The van der Waals surface area contributed by atoms with Gasteiger partial charge in [-0.05, 0) is 38.0 Å². The maximum atomic E-state index is 11.9. The summed E-state index contributed by atoms with van der Waals surface area (Å²) in [4.78, 5) is 15.9. The van der Waals surface area contributed by atoms with E-state index < -0.39 is 0 Å². The van der Waals surface area contributed by atoms with Crippen molar-refractivity contribution in [1.29, 1.82) is 0 Å². The van der Waals surface area contributed by atoms with Gasteiger partial charge in [0.15, 0.2) is 0 Å². The van der Waals surface area contributed by atoms with Crippen molar-refractivity contribution in [2.75, 3.05) is 25.5 Å². The number of amides is 1. The number of hydrogen-bond donors (Lipinski definition) is 0. The maximum Gasteiger partial charge on any atom is 0.253 e. The van der Waals surface area contributed by atoms with Gasteiger partial charge in [0, 0.05) is 37.9 Å². The third-order valence-electron chi connectivity index (χ3n) is 3.29. The van der Waals surface area contributed by atoms with Gasteiger partial charge in [0.2, 0.25) is 0 Å². The second-order valence-corrected chi connectivity index (χ2v) is 5.08. The Morgan fingerprint density at radius 2 is 2.06 bits per heavy atom. The number of hydrogen-bond acceptors (Lipinski definition) is 2. The summed E-state index contributed by atoms with van der Waals surface area (Å²) in [5, 5.41) is 0. The smallest absolute Gasteiger partial charge is 0.253 e. The molecule has 3 nitrogen and oxygen atoms in total. The molecule has 0 bridgehead atoms. The van der Waals surface area contributed by atoms with E-state index >= 15 is 0 Å². The molecule has 0 N–H and O–H groups in total. The summed E-state index contributed by atoms with van der Waals surface area (Å²) in [7, 11) is 3.57. The SMILES string of the molecule is CC(C)N1CCc2ccc(C(=O)N(C)C)cc21. The minimum absolute atomic E-state index is 0.0726. The molecule has 2 rings (SSSR count). The number of carbonyl (C=O) groups excluding carboxylic acids is 1. The average Bonchev–Trinajstić information content (AvgIpc) is 2.70. The fraction of sp³-hybridized carbons (Fsp3) is 0.500. The van der Waals surface area contributed by atoms with E-state index in [0.29, 0.717) is 6.04 Å². The van der Waals surface area contributed by atoms with Crippen LogP contribution in [0.3, 0.4) is 0 Å². The standard InChI is InChI=1S/C14H20N2O/c1-10(2)16-8-7-11-5-6-12(9-13(11)16)14(17)15(3)4/h5-6,9-10H,7-8H2,1-4H3. The molecule has 0 saturated carbocycles. The van der Waals surface area contributed by atoms with E-state index in [0.717, 1.165) is 18.5 Å². The normalized spacial score (nSPS) is 14.1. The van der Waals surface area contributed by atoms with Gasteiger partial charge < -0.3 is 9.80 Å². The van der Waals surface area contributed by atoms with Crippen LogP contribution in [0.25, 0.3) is 0 Å². The highest BCUT2D eigenvalue weighted by molar-refractivity contribution is 5.95. The van der Waals surface area contributed by atoms with Crippen molar-refractivity contribution in [1.82, 2.24) is 4.90 Å². The zero-order chi connectivity index (χ0) is 12.6. The summed E-state index contributed by atoms with van der Waals surface area (Å²) in [6.45, 7) is 5.44. The van der Waals surface area contributed by atoms with Crippen molar-refractivity contribution in [2.24, 2.45) is 0 Å². The predicted molar refractivity (Wildman–Crippen MR) is 70.6 cm³/mol. The lowest BCUT2D eigenvalue weighted by molar-refractivity contribution is 0.0827. The Hall–Kier alpha value is -1.51. The number of anilines is 1. The lowest BCUT2D eigenvalue weighted by atomic mass is 10.1. The van der Waals surface area contributed by atoms with Crippen LogP contribution in [0.1, 0.15) is 29.8 Å². The van der Waals surface area contributed by atoms with E-state index in [2.05, 4.69) is 24.8 Å². The fourth-order valence-corrected chi connectivity index (χ4v) is 2.33. The molecular weight excluding hydrogens is 212 g/mol. The van der Waals surface area contributed by atoms with Gasteiger partial charge in [-0.3, -0.25) is 4.79 Å². The van der Waals surface area contributed by atoms with Crippen LogP contribution in [0, 0.1) is 0 Å². The molecule has 0 aliphatic carbocycles. The van der Waals surface area contributed by atoms with Crippen LogP contribution in [-0.2, 0) is 6.42 Å². The molecule has 3 heteroatoms. The Bertz CT molecular complexity index is 438. The van der Waals surface area contributed by atoms with Crippen molar-refractivity contribution < 1.29 is 4.79 Å². The Morgan fingerprint density at radius 3 is 2.65 bits per heavy atom. The molecule has 0 unspecified atom stereocenters. The molecule has 1 amide bonds. The summed E-state index contributed by atoms with van der Waals surface area (Å²) >= 11 is 0. The van der Waals surface area contributed by atoms with E-state index in [1.165, 1.54) is 11.3 Å². The van der Waals surface area contributed by atoms with E-state index in [1.54, 1.807) is 19.0 Å². The molecule has 1 aromatic carbocycles. The highest BCUT2D eigenvalue weighted by Crippen LogP contribution is 2.30. The molecule has 0 aromatic heterocycles. The minimum Gasteiger partial charge on any atom is -0.369 e. The first-order valence-electron chi connectivity index (χ1n) is 6.12. The van der Waals surface area contributed by atoms with Gasteiger partial charge in [0.25, 0.3) is 5.91 Å². The Morgan fingerprint density at radius 1 is 1.35 bits per heavy atom. The van der Waals surface area contributed by atoms with Crippen molar-refractivity contribution >= 4 is 11.6 Å². The highest BCUT2D eigenvalue weighted by atomic mass is 16.2. The van der Waals surface area contributed by atoms with Crippen molar-refractivity contribution in [3.05, 3.63) is 29.3 Å². The number of rotatable bonds is 2. The number of fused-ring (bicyclic) bond motifs is 1. The molecule has 1 aliphatic rings. The van der Waals surface area contributed by atoms with Crippen LogP contribution in [0.2, 0.25) is 0 Å². The first-order valence-corrected chi connectivity index (χ1v) is 6.12. The molecule has 92 valence electrons. The van der Waals surface area contributed by atoms with Crippen molar-refractivity contribution in [3.8, 4) is 0 Å². The molecule has 1 aromatic rings. The van der Waals surface area contributed by atoms with Gasteiger partial charge in [0.1, 0.15) is 0 Å². The van der Waals surface area contributed by atoms with E-state index in [9.17, 15) is 4.79 Å². The summed E-state index contributed by atoms with van der Waals surface area (Å²) < 4.78 is 0. The summed E-state index contributed by atoms with van der Waals surface area (Å²) in [5.41, 5.74) is 3.36. The van der Waals surface area contributed by atoms with Gasteiger partial charge in [0.05, 0.1) is 0 Å². The molecule has 0 fully saturated rings. The summed E-state index contributed by atoms with van der Waals surface area (Å²) in [6.07, 6.45) is 1.09. The second-order valence-electron chi connectivity index (χ2n) is 5.08. The zero-order valence-electron chi connectivity index (χ0n) is 11.0. The monoisotopic (exact) mass is 232 g/mol. The third-order valence-corrected chi connectivity index (χ3v) is 3.29. The van der Waals surface area contributed by atoms with Crippen LogP contribution >= 0.6 is 0 Å². The van der Waals surface area contributed by atoms with Gasteiger partial charge in [-0.25, -0.2) is 0 Å². The lowest BCUT2D eigenvalue weighted by Crippen LogP contribution is -2.28. The third kappa shape index (κ3) is 2.14. The van der Waals surface area contributed by atoms with Crippen LogP contribution in [0.4, 0.5) is 5.69 Å². The van der Waals surface area contributed by atoms with Crippen LogP contribution in [0.5, 0.6) is 0 Å². The molecule has 1 aliphatic heterocycles. The number of nitrogens with zero attached hydrogens (tertiary/aromatic N) is 2.